The number of nitrogens with zero attached hydrogens (tertiary/aromatic N) is 4. The minimum Gasteiger partial charge on any atom is -0.383 e. The van der Waals surface area contributed by atoms with Gasteiger partial charge in [-0.05, 0) is 30.3 Å². The number of thioether (sulfide) groups is 1. The number of thiocarbonyl (C=S) groups is 1. The zero-order valence-electron chi connectivity index (χ0n) is 15.7. The SMILES string of the molecule is COCCN1C(=O)/C(=C/c2cn(-c3ccccc3)nc2-c2ccncc2)SC1=S. The summed E-state index contributed by atoms with van der Waals surface area (Å²) in [5.41, 5.74) is 3.48. The Labute approximate surface area is 178 Å². The maximum absolute atomic E-state index is 12.8. The van der Waals surface area contributed by atoms with Crippen molar-refractivity contribution in [1.82, 2.24) is 19.7 Å². The Morgan fingerprint density at radius 1 is 1.17 bits per heavy atom. The van der Waals surface area contributed by atoms with Crippen molar-refractivity contribution in [3.8, 4) is 16.9 Å². The minimum absolute atomic E-state index is 0.106. The number of benzene rings is 1. The number of carbonyl (C=O) groups excluding carboxylic acids is 1. The molecule has 0 N–H and O–H groups in total. The van der Waals surface area contributed by atoms with E-state index in [2.05, 4.69) is 4.98 Å². The number of hydrogen-bond donors (Lipinski definition) is 0. The van der Waals surface area contributed by atoms with E-state index in [1.165, 1.54) is 11.8 Å². The smallest absolute Gasteiger partial charge is 0.266 e. The zero-order valence-corrected chi connectivity index (χ0v) is 17.3. The van der Waals surface area contributed by atoms with Crippen molar-refractivity contribution in [3.63, 3.8) is 0 Å². The first-order valence-electron chi connectivity index (χ1n) is 8.97. The van der Waals surface area contributed by atoms with Crippen molar-refractivity contribution in [2.75, 3.05) is 20.3 Å². The molecular weight excluding hydrogens is 404 g/mol. The van der Waals surface area contributed by atoms with Gasteiger partial charge in [-0.15, -0.1) is 0 Å². The number of carbonyl (C=O) groups is 1. The molecule has 0 bridgehead atoms. The highest BCUT2D eigenvalue weighted by atomic mass is 32.2. The second-order valence-corrected chi connectivity index (χ2v) is 7.95. The molecule has 146 valence electrons. The zero-order chi connectivity index (χ0) is 20.2. The summed E-state index contributed by atoms with van der Waals surface area (Å²) in [5.74, 6) is -0.106. The molecule has 1 aromatic carbocycles. The summed E-state index contributed by atoms with van der Waals surface area (Å²) in [5, 5.41) is 4.76. The van der Waals surface area contributed by atoms with Gasteiger partial charge >= 0.3 is 0 Å². The molecule has 1 amide bonds. The third-order valence-corrected chi connectivity index (χ3v) is 5.77. The van der Waals surface area contributed by atoms with E-state index in [0.29, 0.717) is 22.4 Å². The van der Waals surface area contributed by atoms with E-state index >= 15 is 0 Å². The molecule has 4 rings (SSSR count). The van der Waals surface area contributed by atoms with Crippen LogP contribution in [-0.4, -0.2) is 50.2 Å². The molecule has 0 spiro atoms. The number of rotatable bonds is 6. The monoisotopic (exact) mass is 422 g/mol. The molecule has 0 atom stereocenters. The maximum atomic E-state index is 12.8. The highest BCUT2D eigenvalue weighted by Crippen LogP contribution is 2.34. The highest BCUT2D eigenvalue weighted by Gasteiger charge is 2.32. The summed E-state index contributed by atoms with van der Waals surface area (Å²) in [4.78, 5) is 19.0. The van der Waals surface area contributed by atoms with Gasteiger partial charge in [0.25, 0.3) is 5.91 Å². The lowest BCUT2D eigenvalue weighted by Crippen LogP contribution is -2.31. The van der Waals surface area contributed by atoms with Crippen LogP contribution in [0.1, 0.15) is 5.56 Å². The van der Waals surface area contributed by atoms with Gasteiger partial charge in [0.15, 0.2) is 0 Å². The molecule has 1 aliphatic heterocycles. The van der Waals surface area contributed by atoms with Crippen LogP contribution in [0.4, 0.5) is 0 Å². The Bertz CT molecular complexity index is 1060. The molecule has 1 aliphatic rings. The molecule has 0 saturated carbocycles. The summed E-state index contributed by atoms with van der Waals surface area (Å²) >= 11 is 6.67. The van der Waals surface area contributed by atoms with Crippen LogP contribution >= 0.6 is 24.0 Å². The van der Waals surface area contributed by atoms with E-state index in [1.807, 2.05) is 59.4 Å². The quantitative estimate of drug-likeness (QED) is 0.445. The topological polar surface area (TPSA) is 60.2 Å². The number of ether oxygens (including phenoxy) is 1. The van der Waals surface area contributed by atoms with Crippen LogP contribution < -0.4 is 0 Å². The average molecular weight is 423 g/mol. The Kier molecular flexibility index (Phi) is 5.84. The van der Waals surface area contributed by atoms with Crippen LogP contribution in [0, 0.1) is 0 Å². The lowest BCUT2D eigenvalue weighted by molar-refractivity contribution is -0.122. The molecule has 8 heteroatoms. The van der Waals surface area contributed by atoms with Crippen LogP contribution in [-0.2, 0) is 9.53 Å². The number of amides is 1. The summed E-state index contributed by atoms with van der Waals surface area (Å²) in [6.07, 6.45) is 7.23. The van der Waals surface area contributed by atoms with Crippen LogP contribution in [0.5, 0.6) is 0 Å². The number of pyridine rings is 1. The fourth-order valence-corrected chi connectivity index (χ4v) is 4.26. The van der Waals surface area contributed by atoms with Gasteiger partial charge < -0.3 is 4.74 Å². The molecule has 6 nitrogen and oxygen atoms in total. The van der Waals surface area contributed by atoms with Crippen LogP contribution in [0.2, 0.25) is 0 Å². The van der Waals surface area contributed by atoms with Crippen molar-refractivity contribution >= 4 is 40.3 Å². The number of para-hydroxylation sites is 1. The molecule has 0 unspecified atom stereocenters. The van der Waals surface area contributed by atoms with Gasteiger partial charge in [0.2, 0.25) is 0 Å². The first-order valence-corrected chi connectivity index (χ1v) is 10.2. The van der Waals surface area contributed by atoms with E-state index in [4.69, 9.17) is 22.1 Å². The standard InChI is InChI=1S/C21H18N4O2S2/c1-27-12-11-24-20(26)18(29-21(24)28)13-16-14-25(17-5-3-2-4-6-17)23-19(16)15-7-9-22-10-8-15/h2-10,13-14H,11-12H2,1H3/b18-13-. The third-order valence-electron chi connectivity index (χ3n) is 4.40. The van der Waals surface area contributed by atoms with E-state index in [0.717, 1.165) is 22.5 Å². The Hall–Kier alpha value is -2.81. The first-order chi connectivity index (χ1) is 14.2. The maximum Gasteiger partial charge on any atom is 0.266 e. The van der Waals surface area contributed by atoms with Gasteiger partial charge in [0.1, 0.15) is 10.0 Å². The van der Waals surface area contributed by atoms with E-state index in [1.54, 1.807) is 24.4 Å². The summed E-state index contributed by atoms with van der Waals surface area (Å²) in [6, 6.07) is 13.7. The number of hydrogen-bond acceptors (Lipinski definition) is 6. The van der Waals surface area contributed by atoms with Crippen molar-refractivity contribution in [2.45, 2.75) is 0 Å². The van der Waals surface area contributed by atoms with Crippen molar-refractivity contribution in [3.05, 3.63) is 71.5 Å². The third kappa shape index (κ3) is 4.14. The fraction of sp³-hybridized carbons (Fsp3) is 0.143. The summed E-state index contributed by atoms with van der Waals surface area (Å²) in [6.45, 7) is 0.882. The molecule has 1 fully saturated rings. The number of aromatic nitrogens is 3. The second-order valence-electron chi connectivity index (χ2n) is 6.28. The normalized spacial score (nSPS) is 15.5. The van der Waals surface area contributed by atoms with Crippen molar-refractivity contribution < 1.29 is 9.53 Å². The van der Waals surface area contributed by atoms with Crippen LogP contribution in [0.15, 0.2) is 66.0 Å². The van der Waals surface area contributed by atoms with Gasteiger partial charge in [0, 0.05) is 36.8 Å². The molecule has 3 aromatic rings. The Morgan fingerprint density at radius 3 is 2.66 bits per heavy atom. The largest absolute Gasteiger partial charge is 0.383 e. The Morgan fingerprint density at radius 2 is 1.93 bits per heavy atom. The first kappa shape index (κ1) is 19.5. The van der Waals surface area contributed by atoms with Gasteiger partial charge in [0.05, 0.1) is 23.7 Å². The van der Waals surface area contributed by atoms with E-state index in [-0.39, 0.29) is 5.91 Å². The van der Waals surface area contributed by atoms with Gasteiger partial charge in [-0.25, -0.2) is 4.68 Å². The van der Waals surface area contributed by atoms with Gasteiger partial charge in [-0.2, -0.15) is 5.10 Å². The predicted molar refractivity (Wildman–Crippen MR) is 119 cm³/mol. The molecule has 0 aliphatic carbocycles. The van der Waals surface area contributed by atoms with Crippen molar-refractivity contribution in [2.24, 2.45) is 0 Å². The lowest BCUT2D eigenvalue weighted by atomic mass is 10.1. The van der Waals surface area contributed by atoms with Crippen molar-refractivity contribution in [1.29, 1.82) is 0 Å². The molecule has 3 heterocycles. The van der Waals surface area contributed by atoms with E-state index < -0.39 is 0 Å². The Balaban J connectivity index is 1.75. The molecular formula is C21H18N4O2S2. The highest BCUT2D eigenvalue weighted by molar-refractivity contribution is 8.26. The van der Waals surface area contributed by atoms with Gasteiger partial charge in [-0.3, -0.25) is 14.7 Å². The van der Waals surface area contributed by atoms with Crippen LogP contribution in [0.25, 0.3) is 23.0 Å². The van der Waals surface area contributed by atoms with Gasteiger partial charge in [-0.1, -0.05) is 42.2 Å². The van der Waals surface area contributed by atoms with Crippen LogP contribution in [0.3, 0.4) is 0 Å². The minimum atomic E-state index is -0.106. The molecule has 0 radical (unpaired) electrons. The number of methoxy groups -OCH3 is 1. The molecule has 29 heavy (non-hydrogen) atoms. The van der Waals surface area contributed by atoms with E-state index in [9.17, 15) is 4.79 Å². The fourth-order valence-electron chi connectivity index (χ4n) is 2.96. The molecule has 1 saturated heterocycles. The molecule has 2 aromatic heterocycles. The summed E-state index contributed by atoms with van der Waals surface area (Å²) in [7, 11) is 1.60. The summed E-state index contributed by atoms with van der Waals surface area (Å²) < 4.78 is 7.44. The second kappa shape index (κ2) is 8.69. The lowest BCUT2D eigenvalue weighted by Gasteiger charge is -2.12. The predicted octanol–water partition coefficient (Wildman–Crippen LogP) is 3.78. The average Bonchev–Trinajstić information content (AvgIpc) is 3.29.